The molecule has 104 valence electrons. The van der Waals surface area contributed by atoms with E-state index in [0.29, 0.717) is 12.5 Å². The van der Waals surface area contributed by atoms with Gasteiger partial charge in [0.1, 0.15) is 0 Å². The molecular weight excluding hydrogens is 279 g/mol. The SMILES string of the molecule is N#CCCCCS(=O)(=O)c1cccc(C(F)(F)F)c1. The van der Waals surface area contributed by atoms with Crippen molar-refractivity contribution < 1.29 is 21.6 Å². The Labute approximate surface area is 109 Å². The standard InChI is InChI=1S/C12H12F3NO2S/c13-12(14,15)10-5-4-6-11(9-10)19(17,18)8-3-1-2-7-16/h4-6,9H,1-3,8H2. The Morgan fingerprint density at radius 1 is 1.21 bits per heavy atom. The second-order valence-corrected chi connectivity index (χ2v) is 6.07. The molecule has 0 amide bonds. The van der Waals surface area contributed by atoms with E-state index in [4.69, 9.17) is 5.26 Å². The van der Waals surface area contributed by atoms with Crippen molar-refractivity contribution in [3.63, 3.8) is 0 Å². The molecular formula is C12H12F3NO2S. The van der Waals surface area contributed by atoms with Crippen LogP contribution in [0.15, 0.2) is 29.2 Å². The van der Waals surface area contributed by atoms with Gasteiger partial charge < -0.3 is 0 Å². The van der Waals surface area contributed by atoms with Gasteiger partial charge in [-0.2, -0.15) is 18.4 Å². The summed E-state index contributed by atoms with van der Waals surface area (Å²) in [5, 5.41) is 8.31. The average molecular weight is 291 g/mol. The molecule has 1 aromatic rings. The highest BCUT2D eigenvalue weighted by Gasteiger charge is 2.31. The summed E-state index contributed by atoms with van der Waals surface area (Å²) in [5.74, 6) is -0.254. The van der Waals surface area contributed by atoms with Gasteiger partial charge in [0.25, 0.3) is 0 Å². The molecule has 3 nitrogen and oxygen atoms in total. The first-order valence-corrected chi connectivity index (χ1v) is 7.19. The Balaban J connectivity index is 2.88. The molecule has 0 atom stereocenters. The first-order chi connectivity index (χ1) is 8.77. The predicted molar refractivity (Wildman–Crippen MR) is 63.0 cm³/mol. The van der Waals surface area contributed by atoms with Gasteiger partial charge in [-0.15, -0.1) is 0 Å². The summed E-state index contributed by atoms with van der Waals surface area (Å²) in [5.41, 5.74) is -0.981. The summed E-state index contributed by atoms with van der Waals surface area (Å²) in [6, 6.07) is 5.57. The van der Waals surface area contributed by atoms with Crippen LogP contribution in [-0.2, 0) is 16.0 Å². The minimum Gasteiger partial charge on any atom is -0.224 e. The van der Waals surface area contributed by atoms with Crippen LogP contribution < -0.4 is 0 Å². The van der Waals surface area contributed by atoms with Crippen LogP contribution in [0.1, 0.15) is 24.8 Å². The number of nitriles is 1. The van der Waals surface area contributed by atoms with Gasteiger partial charge in [0.05, 0.1) is 22.3 Å². The van der Waals surface area contributed by atoms with E-state index in [9.17, 15) is 21.6 Å². The van der Waals surface area contributed by atoms with E-state index in [-0.39, 0.29) is 23.5 Å². The van der Waals surface area contributed by atoms with Crippen LogP contribution in [0.5, 0.6) is 0 Å². The van der Waals surface area contributed by atoms with E-state index in [1.54, 1.807) is 0 Å². The smallest absolute Gasteiger partial charge is 0.224 e. The summed E-state index contributed by atoms with van der Waals surface area (Å²) < 4.78 is 61.1. The van der Waals surface area contributed by atoms with E-state index in [0.717, 1.165) is 18.2 Å². The number of hydrogen-bond donors (Lipinski definition) is 0. The van der Waals surface area contributed by atoms with Crippen LogP contribution in [0.25, 0.3) is 0 Å². The molecule has 0 aromatic heterocycles. The van der Waals surface area contributed by atoms with Crippen molar-refractivity contribution in [2.75, 3.05) is 5.75 Å². The lowest BCUT2D eigenvalue weighted by Gasteiger charge is -2.09. The summed E-state index contributed by atoms with van der Waals surface area (Å²) in [7, 11) is -3.73. The molecule has 0 saturated carbocycles. The number of rotatable bonds is 5. The highest BCUT2D eigenvalue weighted by atomic mass is 32.2. The van der Waals surface area contributed by atoms with Crippen molar-refractivity contribution in [1.82, 2.24) is 0 Å². The van der Waals surface area contributed by atoms with Crippen LogP contribution in [0.4, 0.5) is 13.2 Å². The number of unbranched alkanes of at least 4 members (excludes halogenated alkanes) is 2. The maximum absolute atomic E-state index is 12.5. The lowest BCUT2D eigenvalue weighted by atomic mass is 10.2. The second-order valence-electron chi connectivity index (χ2n) is 3.96. The Morgan fingerprint density at radius 2 is 1.89 bits per heavy atom. The molecule has 1 aromatic carbocycles. The number of nitrogens with zero attached hydrogens (tertiary/aromatic N) is 1. The Hall–Kier alpha value is -1.55. The van der Waals surface area contributed by atoms with Gasteiger partial charge in [0.15, 0.2) is 9.84 Å². The maximum atomic E-state index is 12.5. The highest BCUT2D eigenvalue weighted by Crippen LogP contribution is 2.30. The molecule has 0 heterocycles. The zero-order chi connectivity index (χ0) is 14.5. The van der Waals surface area contributed by atoms with Crippen molar-refractivity contribution >= 4 is 9.84 Å². The fourth-order valence-corrected chi connectivity index (χ4v) is 2.89. The van der Waals surface area contributed by atoms with Gasteiger partial charge in [-0.1, -0.05) is 6.07 Å². The molecule has 0 saturated heterocycles. The third kappa shape index (κ3) is 4.56. The molecule has 0 aliphatic carbocycles. The van der Waals surface area contributed by atoms with Crippen molar-refractivity contribution in [1.29, 1.82) is 5.26 Å². The molecule has 0 N–H and O–H groups in total. The van der Waals surface area contributed by atoms with Crippen molar-refractivity contribution in [3.05, 3.63) is 29.8 Å². The normalized spacial score (nSPS) is 12.1. The van der Waals surface area contributed by atoms with Crippen LogP contribution in [0.2, 0.25) is 0 Å². The molecule has 0 spiro atoms. The van der Waals surface area contributed by atoms with Gasteiger partial charge in [-0.05, 0) is 31.0 Å². The zero-order valence-corrected chi connectivity index (χ0v) is 10.8. The fourth-order valence-electron chi connectivity index (χ4n) is 1.48. The van der Waals surface area contributed by atoms with Gasteiger partial charge >= 0.3 is 6.18 Å². The lowest BCUT2D eigenvalue weighted by molar-refractivity contribution is -0.137. The fraction of sp³-hybridized carbons (Fsp3) is 0.417. The minimum atomic E-state index is -4.56. The molecule has 19 heavy (non-hydrogen) atoms. The van der Waals surface area contributed by atoms with Crippen molar-refractivity contribution in [3.8, 4) is 6.07 Å². The molecule has 0 radical (unpaired) electrons. The molecule has 0 fully saturated rings. The monoisotopic (exact) mass is 291 g/mol. The van der Waals surface area contributed by atoms with Crippen LogP contribution >= 0.6 is 0 Å². The van der Waals surface area contributed by atoms with Crippen molar-refractivity contribution in [2.24, 2.45) is 0 Å². The second kappa shape index (κ2) is 6.06. The van der Waals surface area contributed by atoms with Gasteiger partial charge in [0.2, 0.25) is 0 Å². The summed E-state index contributed by atoms with van der Waals surface area (Å²) in [6.45, 7) is 0. The molecule has 7 heteroatoms. The third-order valence-electron chi connectivity index (χ3n) is 2.47. The lowest BCUT2D eigenvalue weighted by Crippen LogP contribution is -2.10. The molecule has 0 bridgehead atoms. The number of benzene rings is 1. The summed E-state index contributed by atoms with van der Waals surface area (Å²) in [4.78, 5) is -0.334. The van der Waals surface area contributed by atoms with Gasteiger partial charge in [0, 0.05) is 6.42 Å². The molecule has 0 unspecified atom stereocenters. The first-order valence-electron chi connectivity index (χ1n) is 5.54. The number of halogens is 3. The number of sulfone groups is 1. The van der Waals surface area contributed by atoms with E-state index >= 15 is 0 Å². The van der Waals surface area contributed by atoms with Crippen LogP contribution in [-0.4, -0.2) is 14.2 Å². The number of alkyl halides is 3. The quantitative estimate of drug-likeness (QED) is 0.783. The summed E-state index contributed by atoms with van der Waals surface area (Å²) >= 11 is 0. The largest absolute Gasteiger partial charge is 0.416 e. The predicted octanol–water partition coefficient (Wildman–Crippen LogP) is 3.17. The zero-order valence-electron chi connectivity index (χ0n) is 9.94. The molecule has 0 aliphatic heterocycles. The van der Waals surface area contributed by atoms with E-state index in [1.807, 2.05) is 6.07 Å². The van der Waals surface area contributed by atoms with Gasteiger partial charge in [-0.25, -0.2) is 8.42 Å². The van der Waals surface area contributed by atoms with E-state index in [2.05, 4.69) is 0 Å². The van der Waals surface area contributed by atoms with Gasteiger partial charge in [-0.3, -0.25) is 0 Å². The van der Waals surface area contributed by atoms with E-state index < -0.39 is 21.6 Å². The van der Waals surface area contributed by atoms with Crippen LogP contribution in [0.3, 0.4) is 0 Å². The van der Waals surface area contributed by atoms with Crippen molar-refractivity contribution in [2.45, 2.75) is 30.3 Å². The Morgan fingerprint density at radius 3 is 2.47 bits per heavy atom. The first kappa shape index (κ1) is 15.5. The topological polar surface area (TPSA) is 57.9 Å². The minimum absolute atomic E-state index is 0.234. The summed E-state index contributed by atoms with van der Waals surface area (Å²) in [6.07, 6.45) is -3.66. The number of hydrogen-bond acceptors (Lipinski definition) is 3. The average Bonchev–Trinajstić information content (AvgIpc) is 2.34. The third-order valence-corrected chi connectivity index (χ3v) is 4.27. The van der Waals surface area contributed by atoms with E-state index in [1.165, 1.54) is 0 Å². The molecule has 1 rings (SSSR count). The maximum Gasteiger partial charge on any atom is 0.416 e. The highest BCUT2D eigenvalue weighted by molar-refractivity contribution is 7.91. The molecule has 0 aliphatic rings. The Kier molecular flexibility index (Phi) is 4.95. The Bertz CT molecular complexity index is 573. The van der Waals surface area contributed by atoms with Crippen LogP contribution in [0, 0.1) is 11.3 Å².